The number of carbonyl (C=O) groups excluding carboxylic acids is 1. The summed E-state index contributed by atoms with van der Waals surface area (Å²) >= 11 is 0. The summed E-state index contributed by atoms with van der Waals surface area (Å²) in [5.74, 6) is 0.921. The van der Waals surface area contributed by atoms with Crippen molar-refractivity contribution in [1.82, 2.24) is 9.47 Å². The van der Waals surface area contributed by atoms with E-state index in [1.54, 1.807) is 0 Å². The van der Waals surface area contributed by atoms with Crippen molar-refractivity contribution in [3.05, 3.63) is 46.7 Å². The van der Waals surface area contributed by atoms with Gasteiger partial charge in [0.15, 0.2) is 0 Å². The SMILES string of the molecule is CCCCC(CC)CN1C(=O)C2=C(CCCC2)C1c1c(C)n(C)c2ccccc12. The predicted molar refractivity (Wildman–Crippen MR) is 121 cm³/mol. The van der Waals surface area contributed by atoms with Crippen molar-refractivity contribution in [3.8, 4) is 0 Å². The zero-order valence-electron chi connectivity index (χ0n) is 18.6. The second-order valence-electron chi connectivity index (χ2n) is 9.06. The van der Waals surface area contributed by atoms with Crippen LogP contribution in [0, 0.1) is 12.8 Å². The largest absolute Gasteiger partial charge is 0.348 e. The van der Waals surface area contributed by atoms with Crippen LogP contribution in [0.1, 0.15) is 82.5 Å². The van der Waals surface area contributed by atoms with Crippen molar-refractivity contribution in [3.63, 3.8) is 0 Å². The molecule has 1 aliphatic carbocycles. The Labute approximate surface area is 175 Å². The first-order valence-electron chi connectivity index (χ1n) is 11.6. The zero-order chi connectivity index (χ0) is 20.5. The molecule has 1 amide bonds. The zero-order valence-corrected chi connectivity index (χ0v) is 18.6. The van der Waals surface area contributed by atoms with Crippen LogP contribution in [0.4, 0.5) is 0 Å². The summed E-state index contributed by atoms with van der Waals surface area (Å²) in [5.41, 5.74) is 6.50. The van der Waals surface area contributed by atoms with Crippen molar-refractivity contribution < 1.29 is 4.79 Å². The van der Waals surface area contributed by atoms with Crippen molar-refractivity contribution in [2.24, 2.45) is 13.0 Å². The van der Waals surface area contributed by atoms with Gasteiger partial charge in [-0.1, -0.05) is 51.3 Å². The first-order valence-corrected chi connectivity index (χ1v) is 11.6. The number of rotatable bonds is 7. The van der Waals surface area contributed by atoms with E-state index >= 15 is 0 Å². The summed E-state index contributed by atoms with van der Waals surface area (Å²) in [6.45, 7) is 7.67. The summed E-state index contributed by atoms with van der Waals surface area (Å²) in [7, 11) is 2.16. The van der Waals surface area contributed by atoms with Gasteiger partial charge in [-0.2, -0.15) is 0 Å². The van der Waals surface area contributed by atoms with Gasteiger partial charge in [-0.05, 0) is 56.6 Å². The molecule has 1 aromatic heterocycles. The highest BCUT2D eigenvalue weighted by atomic mass is 16.2. The van der Waals surface area contributed by atoms with Crippen LogP contribution < -0.4 is 0 Å². The second-order valence-corrected chi connectivity index (χ2v) is 9.06. The molecule has 0 saturated carbocycles. The molecule has 0 saturated heterocycles. The molecule has 1 aromatic carbocycles. The quantitative estimate of drug-likeness (QED) is 0.531. The van der Waals surface area contributed by atoms with Gasteiger partial charge in [-0.3, -0.25) is 4.79 Å². The lowest BCUT2D eigenvalue weighted by Crippen LogP contribution is -2.35. The Bertz CT molecular complexity index is 936. The summed E-state index contributed by atoms with van der Waals surface area (Å²) < 4.78 is 2.31. The lowest BCUT2D eigenvalue weighted by molar-refractivity contribution is -0.128. The van der Waals surface area contributed by atoms with Gasteiger partial charge in [0, 0.05) is 41.3 Å². The highest BCUT2D eigenvalue weighted by molar-refractivity contribution is 5.99. The van der Waals surface area contributed by atoms with Gasteiger partial charge in [0.1, 0.15) is 0 Å². The molecule has 3 nitrogen and oxygen atoms in total. The maximum absolute atomic E-state index is 13.6. The van der Waals surface area contributed by atoms with Crippen LogP contribution in [0.2, 0.25) is 0 Å². The maximum Gasteiger partial charge on any atom is 0.250 e. The summed E-state index contributed by atoms with van der Waals surface area (Å²) in [6, 6.07) is 8.85. The average Bonchev–Trinajstić information content (AvgIpc) is 3.16. The van der Waals surface area contributed by atoms with E-state index in [-0.39, 0.29) is 6.04 Å². The number of unbranched alkanes of at least 4 members (excludes halogenated alkanes) is 1. The van der Waals surface area contributed by atoms with Crippen LogP contribution in [0.3, 0.4) is 0 Å². The van der Waals surface area contributed by atoms with E-state index in [0.29, 0.717) is 11.8 Å². The molecule has 0 spiro atoms. The Morgan fingerprint density at radius 2 is 1.90 bits per heavy atom. The van der Waals surface area contributed by atoms with Crippen molar-refractivity contribution in [2.75, 3.05) is 6.54 Å². The minimum atomic E-state index is 0.138. The highest BCUT2D eigenvalue weighted by Crippen LogP contribution is 2.48. The molecule has 3 heteroatoms. The molecule has 4 rings (SSSR count). The minimum Gasteiger partial charge on any atom is -0.348 e. The predicted octanol–water partition coefficient (Wildman–Crippen LogP) is 6.46. The molecule has 2 aromatic rings. The maximum atomic E-state index is 13.6. The average molecular weight is 393 g/mol. The Morgan fingerprint density at radius 1 is 1.14 bits per heavy atom. The minimum absolute atomic E-state index is 0.138. The van der Waals surface area contributed by atoms with E-state index in [4.69, 9.17) is 0 Å². The van der Waals surface area contributed by atoms with E-state index in [2.05, 4.69) is 61.6 Å². The molecule has 2 atom stereocenters. The van der Waals surface area contributed by atoms with E-state index in [0.717, 1.165) is 37.8 Å². The number of carbonyl (C=O) groups is 1. The Hall–Kier alpha value is -2.03. The fourth-order valence-corrected chi connectivity index (χ4v) is 5.56. The highest BCUT2D eigenvalue weighted by Gasteiger charge is 2.42. The topological polar surface area (TPSA) is 25.2 Å². The summed E-state index contributed by atoms with van der Waals surface area (Å²) in [5, 5.41) is 1.32. The molecular formula is C26H36N2O. The number of hydrogen-bond donors (Lipinski definition) is 0. The fraction of sp³-hybridized carbons (Fsp3) is 0.577. The molecule has 156 valence electrons. The van der Waals surface area contributed by atoms with Crippen LogP contribution in [0.25, 0.3) is 10.9 Å². The summed E-state index contributed by atoms with van der Waals surface area (Å²) in [6.07, 6.45) is 9.28. The second kappa shape index (κ2) is 8.38. The van der Waals surface area contributed by atoms with Crippen LogP contribution in [-0.2, 0) is 11.8 Å². The third kappa shape index (κ3) is 3.43. The molecule has 2 aliphatic rings. The Morgan fingerprint density at radius 3 is 2.66 bits per heavy atom. The number of hydrogen-bond acceptors (Lipinski definition) is 1. The molecule has 0 N–H and O–H groups in total. The molecule has 0 fully saturated rings. The van der Waals surface area contributed by atoms with Crippen LogP contribution >= 0.6 is 0 Å². The molecule has 0 bridgehead atoms. The van der Waals surface area contributed by atoms with E-state index in [1.807, 2.05) is 0 Å². The molecule has 0 radical (unpaired) electrons. The van der Waals surface area contributed by atoms with Gasteiger partial charge in [-0.25, -0.2) is 0 Å². The van der Waals surface area contributed by atoms with Crippen LogP contribution in [0.5, 0.6) is 0 Å². The van der Waals surface area contributed by atoms with Gasteiger partial charge in [-0.15, -0.1) is 0 Å². The van der Waals surface area contributed by atoms with E-state index < -0.39 is 0 Å². The van der Waals surface area contributed by atoms with Gasteiger partial charge in [0.2, 0.25) is 0 Å². The molecule has 2 heterocycles. The van der Waals surface area contributed by atoms with Gasteiger partial charge in [0.25, 0.3) is 5.91 Å². The third-order valence-electron chi connectivity index (χ3n) is 7.39. The number of para-hydroxylation sites is 1. The third-order valence-corrected chi connectivity index (χ3v) is 7.39. The van der Waals surface area contributed by atoms with Crippen molar-refractivity contribution >= 4 is 16.8 Å². The van der Waals surface area contributed by atoms with Gasteiger partial charge >= 0.3 is 0 Å². The monoisotopic (exact) mass is 392 g/mol. The smallest absolute Gasteiger partial charge is 0.250 e. The summed E-state index contributed by atoms with van der Waals surface area (Å²) in [4.78, 5) is 15.8. The fourth-order valence-electron chi connectivity index (χ4n) is 5.56. The van der Waals surface area contributed by atoms with E-state index in [9.17, 15) is 4.79 Å². The Balaban J connectivity index is 1.80. The molecule has 29 heavy (non-hydrogen) atoms. The number of amides is 1. The van der Waals surface area contributed by atoms with Gasteiger partial charge in [0.05, 0.1) is 6.04 Å². The molecule has 2 unspecified atom stereocenters. The standard InChI is InChI=1S/C26H36N2O/c1-5-7-12-19(6-2)17-28-25(20-13-8-9-14-21(20)26(28)29)24-18(3)27(4)23-16-11-10-15-22(23)24/h10-11,15-16,19,25H,5-9,12-14,17H2,1-4H3. The normalized spacial score (nSPS) is 20.6. The number of nitrogens with zero attached hydrogens (tertiary/aromatic N) is 2. The van der Waals surface area contributed by atoms with Crippen LogP contribution in [-0.4, -0.2) is 21.9 Å². The number of benzene rings is 1. The van der Waals surface area contributed by atoms with Crippen molar-refractivity contribution in [1.29, 1.82) is 0 Å². The van der Waals surface area contributed by atoms with Crippen molar-refractivity contribution in [2.45, 2.75) is 78.2 Å². The Kier molecular flexibility index (Phi) is 5.85. The lowest BCUT2D eigenvalue weighted by atomic mass is 9.86. The number of aromatic nitrogens is 1. The molecular weight excluding hydrogens is 356 g/mol. The first-order chi connectivity index (χ1) is 14.1. The lowest BCUT2D eigenvalue weighted by Gasteiger charge is -2.31. The van der Waals surface area contributed by atoms with Gasteiger partial charge < -0.3 is 9.47 Å². The number of aryl methyl sites for hydroxylation is 1. The van der Waals surface area contributed by atoms with E-state index in [1.165, 1.54) is 53.4 Å². The first kappa shape index (κ1) is 20.3. The molecule has 1 aliphatic heterocycles. The number of fused-ring (bicyclic) bond motifs is 1. The van der Waals surface area contributed by atoms with Crippen LogP contribution in [0.15, 0.2) is 35.4 Å².